The fraction of sp³-hybridized carbons (Fsp3) is 0.118. The quantitative estimate of drug-likeness (QED) is 0.542. The molecule has 0 spiro atoms. The third-order valence-electron chi connectivity index (χ3n) is 3.57. The lowest BCUT2D eigenvalue weighted by atomic mass is 10.1. The molecule has 2 atom stereocenters. The Labute approximate surface area is 152 Å². The summed E-state index contributed by atoms with van der Waals surface area (Å²) in [4.78, 5) is 27.9. The molecular weight excluding hydrogens is 358 g/mol. The second kappa shape index (κ2) is 7.67. The number of carbonyl (C=O) groups excluding carboxylic acids is 1. The number of nitrogens with zero attached hydrogens (tertiary/aromatic N) is 1. The first kappa shape index (κ1) is 18.1. The Bertz CT molecular complexity index is 886. The summed E-state index contributed by atoms with van der Waals surface area (Å²) < 4.78 is 0. The van der Waals surface area contributed by atoms with Gasteiger partial charge in [0, 0.05) is 23.0 Å². The Morgan fingerprint density at radius 3 is 2.73 bits per heavy atom. The van der Waals surface area contributed by atoms with Crippen LogP contribution in [-0.4, -0.2) is 44.0 Å². The number of pyridine rings is 1. The van der Waals surface area contributed by atoms with Gasteiger partial charge in [0.1, 0.15) is 6.23 Å². The first-order valence-corrected chi connectivity index (χ1v) is 8.41. The van der Waals surface area contributed by atoms with E-state index in [4.69, 9.17) is 5.11 Å². The van der Waals surface area contributed by atoms with Crippen LogP contribution < -0.4 is 10.6 Å². The maximum atomic E-state index is 12.4. The van der Waals surface area contributed by atoms with Crippen molar-refractivity contribution in [3.8, 4) is 0 Å². The van der Waals surface area contributed by atoms with E-state index in [1.54, 1.807) is 30.3 Å². The summed E-state index contributed by atoms with van der Waals surface area (Å²) in [6.45, 7) is 0. The highest BCUT2D eigenvalue weighted by molar-refractivity contribution is 8.03. The van der Waals surface area contributed by atoms with Gasteiger partial charge in [0.25, 0.3) is 5.91 Å². The molecule has 1 aliphatic heterocycles. The van der Waals surface area contributed by atoms with Crippen LogP contribution >= 0.6 is 11.8 Å². The SMILES string of the molecule is O=C(O)c1ccncc1C(=O)Nc1cccc(/C=C2\SC(O)NC2O)c1. The highest BCUT2D eigenvalue weighted by Gasteiger charge is 2.25. The zero-order chi connectivity index (χ0) is 18.7. The van der Waals surface area contributed by atoms with Gasteiger partial charge >= 0.3 is 5.97 Å². The fourth-order valence-electron chi connectivity index (χ4n) is 2.39. The minimum absolute atomic E-state index is 0.0437. The average Bonchev–Trinajstić information content (AvgIpc) is 2.92. The van der Waals surface area contributed by atoms with Gasteiger partial charge in [-0.05, 0) is 29.8 Å². The first-order chi connectivity index (χ1) is 12.4. The minimum atomic E-state index is -1.21. The van der Waals surface area contributed by atoms with E-state index in [9.17, 15) is 19.8 Å². The number of hydrogen-bond donors (Lipinski definition) is 5. The smallest absolute Gasteiger partial charge is 0.336 e. The Morgan fingerprint density at radius 2 is 2.04 bits per heavy atom. The second-order valence-electron chi connectivity index (χ2n) is 5.39. The molecule has 0 radical (unpaired) electrons. The lowest BCUT2D eigenvalue weighted by Gasteiger charge is -2.08. The first-order valence-electron chi connectivity index (χ1n) is 7.53. The Kier molecular flexibility index (Phi) is 5.33. The van der Waals surface area contributed by atoms with Gasteiger partial charge in [0.15, 0.2) is 5.56 Å². The van der Waals surface area contributed by atoms with E-state index in [2.05, 4.69) is 15.6 Å². The molecule has 2 unspecified atom stereocenters. The predicted molar refractivity (Wildman–Crippen MR) is 96.3 cm³/mol. The summed E-state index contributed by atoms with van der Waals surface area (Å²) in [7, 11) is 0. The van der Waals surface area contributed by atoms with Crippen molar-refractivity contribution in [1.29, 1.82) is 0 Å². The molecule has 0 aliphatic carbocycles. The van der Waals surface area contributed by atoms with Gasteiger partial charge in [0.05, 0.1) is 11.1 Å². The average molecular weight is 373 g/mol. The van der Waals surface area contributed by atoms with Crippen molar-refractivity contribution >= 4 is 35.4 Å². The zero-order valence-electron chi connectivity index (χ0n) is 13.3. The maximum Gasteiger partial charge on any atom is 0.336 e. The summed E-state index contributed by atoms with van der Waals surface area (Å²) in [6, 6.07) is 8.06. The van der Waals surface area contributed by atoms with E-state index < -0.39 is 23.7 Å². The van der Waals surface area contributed by atoms with Gasteiger partial charge in [-0.2, -0.15) is 0 Å². The number of carbonyl (C=O) groups is 2. The zero-order valence-corrected chi connectivity index (χ0v) is 14.1. The number of nitrogens with one attached hydrogen (secondary N) is 2. The fourth-order valence-corrected chi connectivity index (χ4v) is 3.24. The van der Waals surface area contributed by atoms with Crippen molar-refractivity contribution in [2.24, 2.45) is 0 Å². The monoisotopic (exact) mass is 373 g/mol. The van der Waals surface area contributed by atoms with E-state index in [1.807, 2.05) is 0 Å². The summed E-state index contributed by atoms with van der Waals surface area (Å²) in [5, 5.41) is 33.6. The number of aliphatic hydroxyl groups excluding tert-OH is 2. The molecule has 0 saturated carbocycles. The molecule has 3 rings (SSSR count). The number of anilines is 1. The van der Waals surface area contributed by atoms with Crippen molar-refractivity contribution in [1.82, 2.24) is 10.3 Å². The summed E-state index contributed by atoms with van der Waals surface area (Å²) in [5.74, 6) is -1.80. The number of thioether (sulfide) groups is 1. The number of aliphatic hydroxyl groups is 2. The van der Waals surface area contributed by atoms with Crippen LogP contribution in [-0.2, 0) is 0 Å². The van der Waals surface area contributed by atoms with Crippen LogP contribution in [0.2, 0.25) is 0 Å². The molecule has 1 saturated heterocycles. The standard InChI is InChI=1S/C17H15N3O5S/c21-14(12-8-18-5-4-11(12)16(23)24)19-10-3-1-2-9(6-10)7-13-15(22)20-17(25)26-13/h1-8,15,17,20,22,25H,(H,19,21)(H,23,24)/b13-7-. The topological polar surface area (TPSA) is 132 Å². The van der Waals surface area contributed by atoms with Gasteiger partial charge < -0.3 is 20.6 Å². The van der Waals surface area contributed by atoms with Gasteiger partial charge in [-0.3, -0.25) is 15.1 Å². The van der Waals surface area contributed by atoms with Crippen LogP contribution in [0.15, 0.2) is 47.6 Å². The Morgan fingerprint density at radius 1 is 1.23 bits per heavy atom. The number of benzene rings is 1. The van der Waals surface area contributed by atoms with E-state index in [-0.39, 0.29) is 11.1 Å². The number of hydrogen-bond acceptors (Lipinski definition) is 7. The van der Waals surface area contributed by atoms with Crippen LogP contribution in [0.1, 0.15) is 26.3 Å². The summed E-state index contributed by atoms with van der Waals surface area (Å²) >= 11 is 1.08. The van der Waals surface area contributed by atoms with Crippen LogP contribution in [0.25, 0.3) is 6.08 Å². The lowest BCUT2D eigenvalue weighted by molar-refractivity contribution is 0.0692. The highest BCUT2D eigenvalue weighted by Crippen LogP contribution is 2.30. The lowest BCUT2D eigenvalue weighted by Crippen LogP contribution is -2.28. The van der Waals surface area contributed by atoms with Crippen molar-refractivity contribution in [3.63, 3.8) is 0 Å². The molecule has 5 N–H and O–H groups in total. The number of aromatic nitrogens is 1. The molecule has 26 heavy (non-hydrogen) atoms. The van der Waals surface area contributed by atoms with E-state index >= 15 is 0 Å². The van der Waals surface area contributed by atoms with E-state index in [1.165, 1.54) is 18.5 Å². The Hall–Kier alpha value is -2.72. The van der Waals surface area contributed by atoms with Crippen LogP contribution in [0.3, 0.4) is 0 Å². The summed E-state index contributed by atoms with van der Waals surface area (Å²) in [5.41, 5.74) is 0.0961. The molecule has 9 heteroatoms. The third kappa shape index (κ3) is 4.09. The molecule has 0 bridgehead atoms. The van der Waals surface area contributed by atoms with Crippen molar-refractivity contribution < 1.29 is 24.9 Å². The molecule has 1 aromatic heterocycles. The highest BCUT2D eigenvalue weighted by atomic mass is 32.2. The minimum Gasteiger partial charge on any atom is -0.478 e. The van der Waals surface area contributed by atoms with Gasteiger partial charge in [-0.15, -0.1) is 0 Å². The predicted octanol–water partition coefficient (Wildman–Crippen LogP) is 1.30. The van der Waals surface area contributed by atoms with Crippen molar-refractivity contribution in [2.75, 3.05) is 5.32 Å². The molecule has 1 amide bonds. The molecular formula is C17H15N3O5S. The third-order valence-corrected chi connectivity index (χ3v) is 4.54. The number of carboxylic acids is 1. The second-order valence-corrected chi connectivity index (χ2v) is 6.55. The van der Waals surface area contributed by atoms with Gasteiger partial charge in [0.2, 0.25) is 0 Å². The van der Waals surface area contributed by atoms with Crippen LogP contribution in [0.5, 0.6) is 0 Å². The van der Waals surface area contributed by atoms with E-state index in [0.29, 0.717) is 16.2 Å². The van der Waals surface area contributed by atoms with Crippen LogP contribution in [0, 0.1) is 0 Å². The maximum absolute atomic E-state index is 12.4. The largest absolute Gasteiger partial charge is 0.478 e. The molecule has 2 heterocycles. The number of carboxylic acid groups (broad SMARTS) is 1. The van der Waals surface area contributed by atoms with Gasteiger partial charge in [-0.1, -0.05) is 23.9 Å². The van der Waals surface area contributed by atoms with E-state index in [0.717, 1.165) is 11.8 Å². The molecule has 2 aromatic rings. The van der Waals surface area contributed by atoms with Crippen LogP contribution in [0.4, 0.5) is 5.69 Å². The van der Waals surface area contributed by atoms with Crippen molar-refractivity contribution in [3.05, 3.63) is 64.3 Å². The number of aromatic carboxylic acids is 1. The molecule has 1 aliphatic rings. The normalized spacial score (nSPS) is 20.9. The molecule has 8 nitrogen and oxygen atoms in total. The van der Waals surface area contributed by atoms with Gasteiger partial charge in [-0.25, -0.2) is 4.79 Å². The molecule has 134 valence electrons. The molecule has 1 fully saturated rings. The Balaban J connectivity index is 1.80. The number of rotatable bonds is 4. The van der Waals surface area contributed by atoms with Crippen molar-refractivity contribution in [2.45, 2.75) is 11.8 Å². The molecule has 1 aromatic carbocycles. The number of amides is 1. The summed E-state index contributed by atoms with van der Waals surface area (Å²) in [6.07, 6.45) is 3.23.